The molecule has 2 N–H and O–H groups in total. The number of nitrogens with zero attached hydrogens (tertiary/aromatic N) is 2. The third-order valence-electron chi connectivity index (χ3n) is 4.14. The first-order valence-corrected chi connectivity index (χ1v) is 7.17. The van der Waals surface area contributed by atoms with Crippen molar-refractivity contribution in [1.82, 2.24) is 20.1 Å². The lowest BCUT2D eigenvalue weighted by Gasteiger charge is -2.36. The van der Waals surface area contributed by atoms with Crippen LogP contribution in [0.15, 0.2) is 23.3 Å². The minimum absolute atomic E-state index is 0.0146. The molecule has 0 atom stereocenters. The quantitative estimate of drug-likeness (QED) is 0.804. The summed E-state index contributed by atoms with van der Waals surface area (Å²) < 4.78 is 0. The van der Waals surface area contributed by atoms with Crippen LogP contribution in [0.25, 0.3) is 0 Å². The zero-order valence-electron chi connectivity index (χ0n) is 11.7. The SMILES string of the molecule is O=C(c1c[nH]ccc1=O)N1CCC(N2CCNC2=O)CC1. The van der Waals surface area contributed by atoms with E-state index >= 15 is 0 Å². The fourth-order valence-electron chi connectivity index (χ4n) is 2.97. The molecule has 21 heavy (non-hydrogen) atoms. The van der Waals surface area contributed by atoms with Crippen LogP contribution in [0.2, 0.25) is 0 Å². The molecule has 112 valence electrons. The molecule has 0 unspecified atom stereocenters. The number of nitrogens with one attached hydrogen (secondary N) is 2. The van der Waals surface area contributed by atoms with Gasteiger partial charge in [-0.2, -0.15) is 0 Å². The van der Waals surface area contributed by atoms with Crippen LogP contribution in [0.4, 0.5) is 4.79 Å². The van der Waals surface area contributed by atoms with Crippen LogP contribution in [-0.4, -0.2) is 58.9 Å². The molecule has 0 bridgehead atoms. The van der Waals surface area contributed by atoms with E-state index in [2.05, 4.69) is 10.3 Å². The summed E-state index contributed by atoms with van der Waals surface area (Å²) >= 11 is 0. The molecular weight excluding hydrogens is 272 g/mol. The Kier molecular flexibility index (Phi) is 3.64. The average Bonchev–Trinajstić information content (AvgIpc) is 2.93. The van der Waals surface area contributed by atoms with Gasteiger partial charge in [0.25, 0.3) is 5.91 Å². The molecule has 0 spiro atoms. The standard InChI is InChI=1S/C14H18N4O3/c19-12-1-4-15-9-11(12)13(20)17-6-2-10(3-7-17)18-8-5-16-14(18)21/h1,4,9-10H,2-3,5-8H2,(H,15,19)(H,16,21). The topological polar surface area (TPSA) is 85.5 Å². The number of piperidine rings is 1. The molecule has 2 fully saturated rings. The number of likely N-dealkylation sites (tertiary alicyclic amines) is 1. The fourth-order valence-corrected chi connectivity index (χ4v) is 2.97. The van der Waals surface area contributed by atoms with E-state index in [1.54, 1.807) is 4.90 Å². The van der Waals surface area contributed by atoms with Gasteiger partial charge in [-0.3, -0.25) is 9.59 Å². The Hall–Kier alpha value is -2.31. The molecule has 0 saturated carbocycles. The minimum Gasteiger partial charge on any atom is -0.367 e. The largest absolute Gasteiger partial charge is 0.367 e. The summed E-state index contributed by atoms with van der Waals surface area (Å²) in [6.07, 6.45) is 4.47. The first kappa shape index (κ1) is 13.7. The van der Waals surface area contributed by atoms with E-state index in [0.717, 1.165) is 19.4 Å². The van der Waals surface area contributed by atoms with Crippen LogP contribution in [-0.2, 0) is 0 Å². The summed E-state index contributed by atoms with van der Waals surface area (Å²) in [6, 6.07) is 1.53. The number of urea groups is 1. The number of carbonyl (C=O) groups is 2. The highest BCUT2D eigenvalue weighted by molar-refractivity contribution is 5.93. The highest BCUT2D eigenvalue weighted by Crippen LogP contribution is 2.19. The first-order valence-electron chi connectivity index (χ1n) is 7.17. The number of hydrogen-bond donors (Lipinski definition) is 2. The van der Waals surface area contributed by atoms with E-state index in [4.69, 9.17) is 0 Å². The Bertz CT molecular complexity index is 604. The number of rotatable bonds is 2. The third kappa shape index (κ3) is 2.63. The normalized spacial score (nSPS) is 19.7. The van der Waals surface area contributed by atoms with Crippen molar-refractivity contribution >= 4 is 11.9 Å². The third-order valence-corrected chi connectivity index (χ3v) is 4.14. The first-order chi connectivity index (χ1) is 10.2. The maximum absolute atomic E-state index is 12.3. The lowest BCUT2D eigenvalue weighted by atomic mass is 10.0. The highest BCUT2D eigenvalue weighted by Gasteiger charge is 2.32. The molecule has 0 aromatic carbocycles. The summed E-state index contributed by atoms with van der Waals surface area (Å²) in [6.45, 7) is 2.57. The molecule has 0 aliphatic carbocycles. The molecule has 3 amide bonds. The maximum Gasteiger partial charge on any atom is 0.317 e. The highest BCUT2D eigenvalue weighted by atomic mass is 16.2. The Morgan fingerprint density at radius 3 is 2.57 bits per heavy atom. The fraction of sp³-hybridized carbons (Fsp3) is 0.500. The molecule has 0 radical (unpaired) electrons. The van der Waals surface area contributed by atoms with Crippen LogP contribution in [0, 0.1) is 0 Å². The lowest BCUT2D eigenvalue weighted by Crippen LogP contribution is -2.48. The van der Waals surface area contributed by atoms with Crippen molar-refractivity contribution in [1.29, 1.82) is 0 Å². The van der Waals surface area contributed by atoms with Gasteiger partial charge in [0.05, 0.1) is 0 Å². The zero-order valence-corrected chi connectivity index (χ0v) is 11.7. The number of hydrogen-bond acceptors (Lipinski definition) is 3. The zero-order chi connectivity index (χ0) is 14.8. The van der Waals surface area contributed by atoms with Gasteiger partial charge in [-0.15, -0.1) is 0 Å². The second-order valence-corrected chi connectivity index (χ2v) is 5.37. The van der Waals surface area contributed by atoms with Crippen LogP contribution in [0.3, 0.4) is 0 Å². The Morgan fingerprint density at radius 1 is 1.19 bits per heavy atom. The van der Waals surface area contributed by atoms with Gasteiger partial charge in [-0.05, 0) is 12.8 Å². The predicted molar refractivity (Wildman–Crippen MR) is 76.1 cm³/mol. The van der Waals surface area contributed by atoms with Gasteiger partial charge in [-0.1, -0.05) is 0 Å². The van der Waals surface area contributed by atoms with Crippen LogP contribution in [0.1, 0.15) is 23.2 Å². The molecule has 3 heterocycles. The molecule has 7 nitrogen and oxygen atoms in total. The molecule has 1 aromatic heterocycles. The summed E-state index contributed by atoms with van der Waals surface area (Å²) in [5, 5.41) is 2.80. The monoisotopic (exact) mass is 290 g/mol. The van der Waals surface area contributed by atoms with Crippen LogP contribution < -0.4 is 10.7 Å². The molecular formula is C14H18N4O3. The second-order valence-electron chi connectivity index (χ2n) is 5.37. The summed E-state index contributed by atoms with van der Waals surface area (Å²) in [5.74, 6) is -0.235. The van der Waals surface area contributed by atoms with Gasteiger partial charge in [0.15, 0.2) is 5.43 Å². The van der Waals surface area contributed by atoms with Crippen molar-refractivity contribution in [3.63, 3.8) is 0 Å². The molecule has 2 saturated heterocycles. The van der Waals surface area contributed by atoms with E-state index in [1.165, 1.54) is 18.5 Å². The number of pyridine rings is 1. The summed E-state index contributed by atoms with van der Waals surface area (Å²) in [7, 11) is 0. The maximum atomic E-state index is 12.3. The molecule has 3 rings (SSSR count). The van der Waals surface area contributed by atoms with E-state index in [-0.39, 0.29) is 29.0 Å². The molecule has 2 aliphatic heterocycles. The Morgan fingerprint density at radius 2 is 1.95 bits per heavy atom. The number of H-pyrrole nitrogens is 1. The number of aromatic amines is 1. The van der Waals surface area contributed by atoms with Gasteiger partial charge in [0.1, 0.15) is 5.56 Å². The van der Waals surface area contributed by atoms with Gasteiger partial charge in [0.2, 0.25) is 0 Å². The van der Waals surface area contributed by atoms with Crippen molar-refractivity contribution in [2.45, 2.75) is 18.9 Å². The average molecular weight is 290 g/mol. The lowest BCUT2D eigenvalue weighted by molar-refractivity contribution is 0.0664. The van der Waals surface area contributed by atoms with E-state index in [9.17, 15) is 14.4 Å². The number of carbonyl (C=O) groups excluding carboxylic acids is 2. The minimum atomic E-state index is -0.264. The van der Waals surface area contributed by atoms with Crippen molar-refractivity contribution in [2.75, 3.05) is 26.2 Å². The van der Waals surface area contributed by atoms with Gasteiger partial charge in [-0.25, -0.2) is 4.79 Å². The predicted octanol–water partition coefficient (Wildman–Crippen LogP) is 0.00470. The van der Waals surface area contributed by atoms with Crippen molar-refractivity contribution in [3.05, 3.63) is 34.2 Å². The Balaban J connectivity index is 1.63. The summed E-state index contributed by atoms with van der Waals surface area (Å²) in [4.78, 5) is 42.0. The smallest absolute Gasteiger partial charge is 0.317 e. The van der Waals surface area contributed by atoms with E-state index < -0.39 is 0 Å². The molecule has 7 heteroatoms. The van der Waals surface area contributed by atoms with Crippen molar-refractivity contribution < 1.29 is 9.59 Å². The van der Waals surface area contributed by atoms with E-state index in [0.29, 0.717) is 19.6 Å². The van der Waals surface area contributed by atoms with E-state index in [1.807, 2.05) is 4.90 Å². The number of aromatic nitrogens is 1. The second kappa shape index (κ2) is 5.59. The van der Waals surface area contributed by atoms with Crippen LogP contribution in [0.5, 0.6) is 0 Å². The molecule has 2 aliphatic rings. The van der Waals surface area contributed by atoms with Gasteiger partial charge < -0.3 is 20.1 Å². The van der Waals surface area contributed by atoms with Gasteiger partial charge >= 0.3 is 6.03 Å². The molecule has 1 aromatic rings. The summed E-state index contributed by atoms with van der Waals surface area (Å²) in [5.41, 5.74) is -0.0883. The number of amides is 3. The van der Waals surface area contributed by atoms with Crippen LogP contribution >= 0.6 is 0 Å². The van der Waals surface area contributed by atoms with Gasteiger partial charge in [0, 0.05) is 50.7 Å². The van der Waals surface area contributed by atoms with Crippen molar-refractivity contribution in [2.24, 2.45) is 0 Å². The Labute approximate surface area is 121 Å². The van der Waals surface area contributed by atoms with Crippen molar-refractivity contribution in [3.8, 4) is 0 Å².